The van der Waals surface area contributed by atoms with Crippen molar-refractivity contribution >= 4 is 18.1 Å². The van der Waals surface area contributed by atoms with E-state index < -0.39 is 0 Å². The van der Waals surface area contributed by atoms with Gasteiger partial charge in [0.2, 0.25) is 0 Å². The molecular formula is C22H23FN4O2S. The third-order valence-electron chi connectivity index (χ3n) is 5.30. The van der Waals surface area contributed by atoms with Gasteiger partial charge in [-0.1, -0.05) is 0 Å². The Hall–Kier alpha value is -2.97. The normalized spacial score (nSPS) is 14.7. The first-order valence-corrected chi connectivity index (χ1v) is 10.2. The molecular weight excluding hydrogens is 403 g/mol. The van der Waals surface area contributed by atoms with E-state index in [1.54, 1.807) is 7.11 Å². The van der Waals surface area contributed by atoms with Gasteiger partial charge in [0, 0.05) is 49.8 Å². The van der Waals surface area contributed by atoms with E-state index in [9.17, 15) is 9.18 Å². The molecule has 1 amide bonds. The highest BCUT2D eigenvalue weighted by molar-refractivity contribution is 7.71. The van der Waals surface area contributed by atoms with E-state index in [1.807, 2.05) is 50.7 Å². The highest BCUT2D eigenvalue weighted by atomic mass is 32.1. The van der Waals surface area contributed by atoms with Crippen LogP contribution in [0.1, 0.15) is 10.4 Å². The Morgan fingerprint density at radius 3 is 2.30 bits per heavy atom. The Morgan fingerprint density at radius 1 is 1.00 bits per heavy atom. The molecule has 0 N–H and O–H groups in total. The first-order chi connectivity index (χ1) is 14.5. The number of carbonyl (C=O) groups is 1. The highest BCUT2D eigenvalue weighted by Gasteiger charge is 2.22. The number of halogens is 1. The van der Waals surface area contributed by atoms with E-state index in [2.05, 4.69) is 4.90 Å². The summed E-state index contributed by atoms with van der Waals surface area (Å²) >= 11 is 5.65. The van der Waals surface area contributed by atoms with Crippen LogP contribution in [0.3, 0.4) is 0 Å². The molecule has 1 aliphatic rings. The smallest absolute Gasteiger partial charge is 0.253 e. The number of aromatic nitrogens is 2. The predicted molar refractivity (Wildman–Crippen MR) is 115 cm³/mol. The molecule has 0 unspecified atom stereocenters. The number of carbonyl (C=O) groups excluding carboxylic acids is 1. The number of ether oxygens (including phenoxy) is 1. The third kappa shape index (κ3) is 4.29. The fourth-order valence-electron chi connectivity index (χ4n) is 3.54. The van der Waals surface area contributed by atoms with Gasteiger partial charge in [0.05, 0.1) is 13.8 Å². The van der Waals surface area contributed by atoms with Crippen LogP contribution in [0.15, 0.2) is 60.9 Å². The average Bonchev–Trinajstić information content (AvgIpc) is 3.14. The van der Waals surface area contributed by atoms with Gasteiger partial charge in [-0.2, -0.15) is 0 Å². The van der Waals surface area contributed by atoms with E-state index in [1.165, 1.54) is 24.3 Å². The van der Waals surface area contributed by atoms with Crippen molar-refractivity contribution in [1.29, 1.82) is 0 Å². The third-order valence-corrected chi connectivity index (χ3v) is 5.73. The number of piperazine rings is 1. The lowest BCUT2D eigenvalue weighted by molar-refractivity contribution is 0.0594. The van der Waals surface area contributed by atoms with Gasteiger partial charge in [-0.05, 0) is 60.7 Å². The summed E-state index contributed by atoms with van der Waals surface area (Å²) < 4.78 is 23.0. The van der Waals surface area contributed by atoms with Crippen molar-refractivity contribution < 1.29 is 13.9 Å². The van der Waals surface area contributed by atoms with Gasteiger partial charge < -0.3 is 14.2 Å². The largest absolute Gasteiger partial charge is 0.497 e. The molecule has 0 saturated carbocycles. The standard InChI is InChI=1S/C22H23FN4O2S/c1-29-20-8-6-19(7-9-20)27-15-14-26(22(27)30)16-24-10-12-25(13-11-24)21(28)17-2-4-18(23)5-3-17/h2-9,14-15H,10-13,16H2,1H3. The van der Waals surface area contributed by atoms with E-state index in [0.29, 0.717) is 30.1 Å². The Kier molecular flexibility index (Phi) is 5.96. The number of hydrogen-bond donors (Lipinski definition) is 0. The van der Waals surface area contributed by atoms with Crippen molar-refractivity contribution in [1.82, 2.24) is 18.9 Å². The summed E-state index contributed by atoms with van der Waals surface area (Å²) in [6, 6.07) is 13.5. The Labute approximate surface area is 179 Å². The lowest BCUT2D eigenvalue weighted by Crippen LogP contribution is -2.48. The zero-order valence-electron chi connectivity index (χ0n) is 16.7. The average molecular weight is 427 g/mol. The van der Waals surface area contributed by atoms with Crippen molar-refractivity contribution in [3.8, 4) is 11.4 Å². The van der Waals surface area contributed by atoms with Gasteiger partial charge in [0.25, 0.3) is 5.91 Å². The van der Waals surface area contributed by atoms with E-state index in [0.717, 1.165) is 24.5 Å². The van der Waals surface area contributed by atoms with Crippen LogP contribution in [-0.2, 0) is 6.67 Å². The molecule has 2 aromatic carbocycles. The molecule has 1 fully saturated rings. The van der Waals surface area contributed by atoms with Crippen molar-refractivity contribution in [3.05, 3.63) is 77.1 Å². The lowest BCUT2D eigenvalue weighted by Gasteiger charge is -2.34. The van der Waals surface area contributed by atoms with Crippen molar-refractivity contribution in [2.24, 2.45) is 0 Å². The number of nitrogens with zero attached hydrogens (tertiary/aromatic N) is 4. The maximum absolute atomic E-state index is 13.1. The summed E-state index contributed by atoms with van der Waals surface area (Å²) in [6.45, 7) is 3.43. The van der Waals surface area contributed by atoms with E-state index in [4.69, 9.17) is 17.0 Å². The molecule has 1 aliphatic heterocycles. The van der Waals surface area contributed by atoms with Gasteiger partial charge in [-0.15, -0.1) is 0 Å². The molecule has 2 heterocycles. The van der Waals surface area contributed by atoms with Crippen molar-refractivity contribution in [2.45, 2.75) is 6.67 Å². The second-order valence-electron chi connectivity index (χ2n) is 7.18. The van der Waals surface area contributed by atoms with Crippen LogP contribution in [0, 0.1) is 10.6 Å². The zero-order chi connectivity index (χ0) is 21.1. The van der Waals surface area contributed by atoms with Crippen molar-refractivity contribution in [3.63, 3.8) is 0 Å². The SMILES string of the molecule is COc1ccc(-n2ccn(CN3CCN(C(=O)c4ccc(F)cc4)CC3)c2=S)cc1. The maximum atomic E-state index is 13.1. The summed E-state index contributed by atoms with van der Waals surface area (Å²) in [5.74, 6) is 0.407. The molecule has 0 bridgehead atoms. The molecule has 30 heavy (non-hydrogen) atoms. The molecule has 1 saturated heterocycles. The maximum Gasteiger partial charge on any atom is 0.253 e. The van der Waals surface area contributed by atoms with Crippen LogP contribution in [0.4, 0.5) is 4.39 Å². The second kappa shape index (κ2) is 8.81. The summed E-state index contributed by atoms with van der Waals surface area (Å²) in [5.41, 5.74) is 1.50. The Balaban J connectivity index is 1.37. The Bertz CT molecular complexity index is 1070. The minimum absolute atomic E-state index is 0.0584. The van der Waals surface area contributed by atoms with Crippen molar-refractivity contribution in [2.75, 3.05) is 33.3 Å². The van der Waals surface area contributed by atoms with Crippen LogP contribution < -0.4 is 4.74 Å². The minimum atomic E-state index is -0.338. The second-order valence-corrected chi connectivity index (χ2v) is 7.54. The fraction of sp³-hybridized carbons (Fsp3) is 0.273. The van der Waals surface area contributed by atoms with Crippen LogP contribution in [0.5, 0.6) is 5.75 Å². The van der Waals surface area contributed by atoms with Crippen LogP contribution in [0.2, 0.25) is 0 Å². The van der Waals surface area contributed by atoms with Crippen LogP contribution in [-0.4, -0.2) is 58.1 Å². The topological polar surface area (TPSA) is 42.6 Å². The summed E-state index contributed by atoms with van der Waals surface area (Å²) in [6.07, 6.45) is 3.93. The molecule has 0 aliphatic carbocycles. The molecule has 6 nitrogen and oxygen atoms in total. The predicted octanol–water partition coefficient (Wildman–Crippen LogP) is 3.57. The first kappa shape index (κ1) is 20.3. The molecule has 0 radical (unpaired) electrons. The Morgan fingerprint density at radius 2 is 1.67 bits per heavy atom. The summed E-state index contributed by atoms with van der Waals surface area (Å²) in [5, 5.41) is 0. The molecule has 0 atom stereocenters. The van der Waals surface area contributed by atoms with Gasteiger partial charge in [0.1, 0.15) is 11.6 Å². The fourth-order valence-corrected chi connectivity index (χ4v) is 3.83. The first-order valence-electron chi connectivity index (χ1n) is 9.74. The van der Waals surface area contributed by atoms with Gasteiger partial charge in [0.15, 0.2) is 4.77 Å². The van der Waals surface area contributed by atoms with Gasteiger partial charge >= 0.3 is 0 Å². The molecule has 8 heteroatoms. The number of hydrogen-bond acceptors (Lipinski definition) is 4. The van der Waals surface area contributed by atoms with E-state index >= 15 is 0 Å². The number of rotatable bonds is 5. The molecule has 156 valence electrons. The van der Waals surface area contributed by atoms with Crippen LogP contribution >= 0.6 is 12.2 Å². The molecule has 0 spiro atoms. The summed E-state index contributed by atoms with van der Waals surface area (Å²) in [7, 11) is 1.64. The summed E-state index contributed by atoms with van der Waals surface area (Å²) in [4.78, 5) is 16.7. The number of benzene rings is 2. The number of imidazole rings is 1. The van der Waals surface area contributed by atoms with Crippen LogP contribution in [0.25, 0.3) is 5.69 Å². The minimum Gasteiger partial charge on any atom is -0.497 e. The zero-order valence-corrected chi connectivity index (χ0v) is 17.5. The lowest BCUT2D eigenvalue weighted by atomic mass is 10.2. The highest BCUT2D eigenvalue weighted by Crippen LogP contribution is 2.17. The number of amides is 1. The number of methoxy groups -OCH3 is 1. The van der Waals surface area contributed by atoms with Gasteiger partial charge in [-0.25, -0.2) is 4.39 Å². The van der Waals surface area contributed by atoms with Gasteiger partial charge in [-0.3, -0.25) is 14.3 Å². The van der Waals surface area contributed by atoms with E-state index in [-0.39, 0.29) is 11.7 Å². The molecule has 1 aromatic heterocycles. The quantitative estimate of drug-likeness (QED) is 0.585. The monoisotopic (exact) mass is 426 g/mol. The molecule has 3 aromatic rings. The molecule has 4 rings (SSSR count).